The van der Waals surface area contributed by atoms with Crippen LogP contribution in [0.25, 0.3) is 52.4 Å². The number of pyridine rings is 2. The summed E-state index contributed by atoms with van der Waals surface area (Å²) in [5.41, 5.74) is 3.10. The smallest absolute Gasteiger partial charge is 0.0965 e. The van der Waals surface area contributed by atoms with E-state index in [4.69, 9.17) is 4.98 Å². The summed E-state index contributed by atoms with van der Waals surface area (Å²) in [7, 11) is 0. The minimum absolute atomic E-state index is 0.966. The Morgan fingerprint density at radius 1 is 0.692 bits per heavy atom. The van der Waals surface area contributed by atoms with Crippen molar-refractivity contribution in [2.45, 2.75) is 0 Å². The highest BCUT2D eigenvalue weighted by Gasteiger charge is 2.09. The molecule has 0 bridgehead atoms. The van der Waals surface area contributed by atoms with Gasteiger partial charge in [0.1, 0.15) is 0 Å². The van der Waals surface area contributed by atoms with E-state index in [1.54, 1.807) is 11.3 Å². The molecule has 0 saturated carbocycles. The van der Waals surface area contributed by atoms with Crippen LogP contribution in [0, 0.1) is 0 Å². The molecule has 2 aromatic carbocycles. The molecule has 0 saturated heterocycles. The second kappa shape index (κ2) is 5.34. The van der Waals surface area contributed by atoms with Crippen LogP contribution in [-0.4, -0.2) is 9.97 Å². The molecule has 6 rings (SSSR count). The second-order valence-electron chi connectivity index (χ2n) is 6.40. The van der Waals surface area contributed by atoms with Crippen molar-refractivity contribution in [3.05, 3.63) is 72.4 Å². The molecule has 122 valence electrons. The van der Waals surface area contributed by atoms with Crippen LogP contribution in [0.15, 0.2) is 72.4 Å². The van der Waals surface area contributed by atoms with E-state index in [-0.39, 0.29) is 0 Å². The first-order valence-corrected chi connectivity index (χ1v) is 10.1. The van der Waals surface area contributed by atoms with Gasteiger partial charge in [0.2, 0.25) is 0 Å². The standard InChI is InChI=1S/C22H12N2S2/c1-2-13-3-4-15-8-17(12-24-22(15)21(13)23-6-1)20-11-16-10-18-14(5-7-25-18)9-19(16)26-20/h1-12H. The lowest BCUT2D eigenvalue weighted by Gasteiger charge is -2.04. The Morgan fingerprint density at radius 2 is 1.58 bits per heavy atom. The lowest BCUT2D eigenvalue weighted by atomic mass is 10.1. The zero-order chi connectivity index (χ0) is 17.1. The largest absolute Gasteiger partial charge is 0.254 e. The molecule has 0 N–H and O–H groups in total. The van der Waals surface area contributed by atoms with Gasteiger partial charge in [0, 0.05) is 43.0 Å². The summed E-state index contributed by atoms with van der Waals surface area (Å²) < 4.78 is 2.67. The van der Waals surface area contributed by atoms with Crippen molar-refractivity contribution in [3.8, 4) is 10.4 Å². The van der Waals surface area contributed by atoms with E-state index >= 15 is 0 Å². The Labute approximate surface area is 157 Å². The summed E-state index contributed by atoms with van der Waals surface area (Å²) >= 11 is 3.63. The second-order valence-corrected chi connectivity index (χ2v) is 8.43. The summed E-state index contributed by atoms with van der Waals surface area (Å²) in [6.07, 6.45) is 3.80. The van der Waals surface area contributed by atoms with Crippen LogP contribution >= 0.6 is 22.7 Å². The molecule has 6 aromatic rings. The first kappa shape index (κ1) is 14.4. The van der Waals surface area contributed by atoms with E-state index in [0.717, 1.165) is 27.4 Å². The topological polar surface area (TPSA) is 25.8 Å². The van der Waals surface area contributed by atoms with Crippen molar-refractivity contribution in [1.29, 1.82) is 0 Å². The van der Waals surface area contributed by atoms with E-state index in [2.05, 4.69) is 58.9 Å². The molecule has 0 radical (unpaired) electrons. The van der Waals surface area contributed by atoms with Crippen molar-refractivity contribution in [1.82, 2.24) is 9.97 Å². The minimum Gasteiger partial charge on any atom is -0.254 e. The maximum atomic E-state index is 4.75. The van der Waals surface area contributed by atoms with Crippen LogP contribution < -0.4 is 0 Å². The van der Waals surface area contributed by atoms with Crippen molar-refractivity contribution in [3.63, 3.8) is 0 Å². The van der Waals surface area contributed by atoms with Gasteiger partial charge in [-0.3, -0.25) is 9.97 Å². The highest BCUT2D eigenvalue weighted by molar-refractivity contribution is 7.22. The molecule has 4 heteroatoms. The average molecular weight is 368 g/mol. The van der Waals surface area contributed by atoms with Gasteiger partial charge >= 0.3 is 0 Å². The van der Waals surface area contributed by atoms with E-state index in [9.17, 15) is 0 Å². The fourth-order valence-corrected chi connectivity index (χ4v) is 5.40. The zero-order valence-corrected chi connectivity index (χ0v) is 15.3. The lowest BCUT2D eigenvalue weighted by Crippen LogP contribution is -1.85. The number of fused-ring (bicyclic) bond motifs is 5. The molecular weight excluding hydrogens is 356 g/mol. The average Bonchev–Trinajstić information content (AvgIpc) is 3.31. The number of rotatable bonds is 1. The van der Waals surface area contributed by atoms with Crippen molar-refractivity contribution in [2.75, 3.05) is 0 Å². The van der Waals surface area contributed by atoms with E-state index < -0.39 is 0 Å². The van der Waals surface area contributed by atoms with Crippen LogP contribution in [0.1, 0.15) is 0 Å². The van der Waals surface area contributed by atoms with Gasteiger partial charge in [-0.25, -0.2) is 0 Å². The SMILES string of the molecule is c1cnc2c(c1)ccc1cc(-c3cc4cc5sccc5cc4s3)cnc12. The minimum atomic E-state index is 0.966. The molecular formula is C22H12N2S2. The van der Waals surface area contributed by atoms with Crippen molar-refractivity contribution >= 4 is 64.7 Å². The molecule has 0 spiro atoms. The Balaban J connectivity index is 1.56. The maximum Gasteiger partial charge on any atom is 0.0965 e. The fourth-order valence-electron chi connectivity index (χ4n) is 3.51. The molecule has 0 fully saturated rings. The molecule has 0 amide bonds. The highest BCUT2D eigenvalue weighted by atomic mass is 32.1. The third-order valence-corrected chi connectivity index (χ3v) is 6.83. The number of aromatic nitrogens is 2. The number of hydrogen-bond donors (Lipinski definition) is 0. The third-order valence-electron chi connectivity index (χ3n) is 4.80. The predicted octanol–water partition coefficient (Wildman–Crippen LogP) is 6.88. The first-order chi connectivity index (χ1) is 12.8. The molecule has 0 aliphatic carbocycles. The highest BCUT2D eigenvalue weighted by Crippen LogP contribution is 2.37. The van der Waals surface area contributed by atoms with Crippen LogP contribution in [0.4, 0.5) is 0 Å². The molecule has 0 atom stereocenters. The monoisotopic (exact) mass is 368 g/mol. The molecule has 4 aromatic heterocycles. The normalized spacial score (nSPS) is 11.8. The summed E-state index contributed by atoms with van der Waals surface area (Å²) in [5, 5.41) is 7.04. The Bertz CT molecular complexity index is 1390. The predicted molar refractivity (Wildman–Crippen MR) is 113 cm³/mol. The summed E-state index contributed by atoms with van der Waals surface area (Å²) in [6, 6.07) is 19.6. The van der Waals surface area contributed by atoms with Crippen LogP contribution in [0.2, 0.25) is 0 Å². The molecule has 2 nitrogen and oxygen atoms in total. The Morgan fingerprint density at radius 3 is 2.58 bits per heavy atom. The van der Waals surface area contributed by atoms with Crippen LogP contribution in [-0.2, 0) is 0 Å². The maximum absolute atomic E-state index is 4.75. The van der Waals surface area contributed by atoms with Gasteiger partial charge in [0.15, 0.2) is 0 Å². The van der Waals surface area contributed by atoms with Crippen molar-refractivity contribution in [2.24, 2.45) is 0 Å². The van der Waals surface area contributed by atoms with E-state index in [1.807, 2.05) is 29.8 Å². The first-order valence-electron chi connectivity index (χ1n) is 8.40. The molecule has 0 unspecified atom stereocenters. The van der Waals surface area contributed by atoms with Gasteiger partial charge in [-0.05, 0) is 52.6 Å². The molecule has 0 aliphatic rings. The molecule has 26 heavy (non-hydrogen) atoms. The number of hydrogen-bond acceptors (Lipinski definition) is 4. The lowest BCUT2D eigenvalue weighted by molar-refractivity contribution is 1.38. The third kappa shape index (κ3) is 2.09. The Kier molecular flexibility index (Phi) is 2.95. The fraction of sp³-hybridized carbons (Fsp3) is 0. The number of benzene rings is 2. The number of nitrogens with zero attached hydrogens (tertiary/aromatic N) is 2. The summed E-state index contributed by atoms with van der Waals surface area (Å²) in [6.45, 7) is 0. The zero-order valence-electron chi connectivity index (χ0n) is 13.6. The van der Waals surface area contributed by atoms with Gasteiger partial charge in [-0.15, -0.1) is 22.7 Å². The summed E-state index contributed by atoms with van der Waals surface area (Å²) in [5.74, 6) is 0. The van der Waals surface area contributed by atoms with Gasteiger partial charge in [-0.1, -0.05) is 18.2 Å². The van der Waals surface area contributed by atoms with Crippen molar-refractivity contribution < 1.29 is 0 Å². The Hall–Kier alpha value is -2.82. The van der Waals surface area contributed by atoms with Gasteiger partial charge in [0.05, 0.1) is 11.0 Å². The molecule has 0 aliphatic heterocycles. The summed E-state index contributed by atoms with van der Waals surface area (Å²) in [4.78, 5) is 10.5. The van der Waals surface area contributed by atoms with E-state index in [0.29, 0.717) is 0 Å². The number of thiophene rings is 2. The van der Waals surface area contributed by atoms with Gasteiger partial charge in [-0.2, -0.15) is 0 Å². The quantitative estimate of drug-likeness (QED) is 0.296. The van der Waals surface area contributed by atoms with Crippen LogP contribution in [0.5, 0.6) is 0 Å². The van der Waals surface area contributed by atoms with Gasteiger partial charge < -0.3 is 0 Å². The van der Waals surface area contributed by atoms with Crippen LogP contribution in [0.3, 0.4) is 0 Å². The molecule has 4 heterocycles. The van der Waals surface area contributed by atoms with Gasteiger partial charge in [0.25, 0.3) is 0 Å². The van der Waals surface area contributed by atoms with E-state index in [1.165, 1.54) is 25.0 Å².